The number of halogens is 1. The monoisotopic (exact) mass is 290 g/mol. The summed E-state index contributed by atoms with van der Waals surface area (Å²) in [6, 6.07) is 0. The van der Waals surface area contributed by atoms with Crippen LogP contribution in [0.5, 0.6) is 0 Å². The topological polar surface area (TPSA) is 34.9 Å². The van der Waals surface area contributed by atoms with E-state index in [9.17, 15) is 4.79 Å². The van der Waals surface area contributed by atoms with Crippen LogP contribution in [0.3, 0.4) is 0 Å². The van der Waals surface area contributed by atoms with Crippen LogP contribution in [0.4, 0.5) is 0 Å². The maximum atomic E-state index is 11.6. The first kappa shape index (κ1) is 9.18. The predicted octanol–water partition coefficient (Wildman–Crippen LogP) is 1.65. The van der Waals surface area contributed by atoms with Gasteiger partial charge in [-0.25, -0.2) is 4.98 Å². The van der Waals surface area contributed by atoms with Crippen molar-refractivity contribution in [2.24, 2.45) is 5.92 Å². The van der Waals surface area contributed by atoms with E-state index in [4.69, 9.17) is 0 Å². The zero-order chi connectivity index (χ0) is 9.26. The summed E-state index contributed by atoms with van der Waals surface area (Å²) in [5, 5.41) is 0. The quantitative estimate of drug-likeness (QED) is 0.776. The third-order valence-corrected chi connectivity index (χ3v) is 3.28. The Morgan fingerprint density at radius 2 is 2.38 bits per heavy atom. The van der Waals surface area contributed by atoms with Gasteiger partial charge in [0.1, 0.15) is 0 Å². The molecule has 0 aliphatic heterocycles. The zero-order valence-electron chi connectivity index (χ0n) is 7.24. The molecule has 2 rings (SSSR count). The van der Waals surface area contributed by atoms with E-state index in [1.54, 1.807) is 17.1 Å². The first-order chi connectivity index (χ1) is 6.27. The fourth-order valence-electron chi connectivity index (χ4n) is 1.51. The molecule has 1 aromatic heterocycles. The minimum atomic E-state index is 0.0995. The number of hydrogen-bond acceptors (Lipinski definition) is 2. The summed E-state index contributed by atoms with van der Waals surface area (Å²) < 4.78 is 2.44. The highest BCUT2D eigenvalue weighted by atomic mass is 127. The lowest BCUT2D eigenvalue weighted by Crippen LogP contribution is -2.28. The van der Waals surface area contributed by atoms with Crippen molar-refractivity contribution in [2.75, 3.05) is 0 Å². The number of rotatable bonds is 2. The third-order valence-electron chi connectivity index (χ3n) is 2.54. The van der Waals surface area contributed by atoms with Crippen molar-refractivity contribution >= 4 is 22.6 Å². The highest BCUT2D eigenvalue weighted by Gasteiger charge is 2.18. The van der Waals surface area contributed by atoms with Gasteiger partial charge < -0.3 is 0 Å². The van der Waals surface area contributed by atoms with Gasteiger partial charge in [0.05, 0.1) is 9.90 Å². The van der Waals surface area contributed by atoms with Crippen LogP contribution in [0.15, 0.2) is 17.3 Å². The van der Waals surface area contributed by atoms with Crippen LogP contribution in [0.1, 0.15) is 19.3 Å². The van der Waals surface area contributed by atoms with Gasteiger partial charge in [0.15, 0.2) is 0 Å². The number of nitrogens with zero attached hydrogens (tertiary/aromatic N) is 2. The zero-order valence-corrected chi connectivity index (χ0v) is 9.40. The molecule has 0 spiro atoms. The lowest BCUT2D eigenvalue weighted by atomic mass is 9.85. The van der Waals surface area contributed by atoms with Gasteiger partial charge in [0.25, 0.3) is 5.56 Å². The van der Waals surface area contributed by atoms with Gasteiger partial charge in [-0.3, -0.25) is 9.36 Å². The highest BCUT2D eigenvalue weighted by Crippen LogP contribution is 2.27. The largest absolute Gasteiger partial charge is 0.298 e. The molecule has 0 radical (unpaired) electrons. The van der Waals surface area contributed by atoms with Crippen LogP contribution in [-0.2, 0) is 6.54 Å². The number of hydrogen-bond donors (Lipinski definition) is 0. The Balaban J connectivity index is 2.19. The molecule has 0 atom stereocenters. The molecule has 1 aromatic rings. The van der Waals surface area contributed by atoms with Crippen LogP contribution in [0, 0.1) is 9.49 Å². The summed E-state index contributed by atoms with van der Waals surface area (Å²) in [6.07, 6.45) is 7.09. The molecule has 3 nitrogen and oxygen atoms in total. The van der Waals surface area contributed by atoms with Crippen LogP contribution >= 0.6 is 22.6 Å². The van der Waals surface area contributed by atoms with E-state index in [0.29, 0.717) is 9.49 Å². The average molecular weight is 290 g/mol. The van der Waals surface area contributed by atoms with Crippen molar-refractivity contribution < 1.29 is 0 Å². The summed E-state index contributed by atoms with van der Waals surface area (Å²) >= 11 is 2.03. The molecule has 1 aliphatic rings. The minimum Gasteiger partial charge on any atom is -0.298 e. The van der Waals surface area contributed by atoms with E-state index in [1.807, 2.05) is 22.6 Å². The molecule has 0 amide bonds. The van der Waals surface area contributed by atoms with Gasteiger partial charge >= 0.3 is 0 Å². The van der Waals surface area contributed by atoms with E-state index < -0.39 is 0 Å². The molecular weight excluding hydrogens is 279 g/mol. The standard InChI is InChI=1S/C9H11IN2O/c10-8-4-11-6-12(9(8)13)5-7-2-1-3-7/h4,6-7H,1-3,5H2. The lowest BCUT2D eigenvalue weighted by molar-refractivity contribution is 0.272. The molecule has 0 N–H and O–H groups in total. The molecule has 1 saturated carbocycles. The minimum absolute atomic E-state index is 0.0995. The first-order valence-corrected chi connectivity index (χ1v) is 5.55. The predicted molar refractivity (Wildman–Crippen MR) is 58.6 cm³/mol. The second kappa shape index (κ2) is 3.77. The van der Waals surface area contributed by atoms with Crippen LogP contribution in [0.2, 0.25) is 0 Å². The van der Waals surface area contributed by atoms with E-state index in [1.165, 1.54) is 19.3 Å². The normalized spacial score (nSPS) is 17.0. The second-order valence-electron chi connectivity index (χ2n) is 3.50. The maximum absolute atomic E-state index is 11.6. The molecule has 13 heavy (non-hydrogen) atoms. The van der Waals surface area contributed by atoms with Gasteiger partial charge in [-0.2, -0.15) is 0 Å². The Labute approximate surface area is 90.3 Å². The molecule has 0 aromatic carbocycles. The van der Waals surface area contributed by atoms with Crippen molar-refractivity contribution in [1.82, 2.24) is 9.55 Å². The molecule has 70 valence electrons. The molecule has 4 heteroatoms. The van der Waals surface area contributed by atoms with Crippen LogP contribution in [0.25, 0.3) is 0 Å². The molecule has 1 aliphatic carbocycles. The number of aromatic nitrogens is 2. The van der Waals surface area contributed by atoms with E-state index in [2.05, 4.69) is 4.98 Å². The maximum Gasteiger partial charge on any atom is 0.266 e. The van der Waals surface area contributed by atoms with Gasteiger partial charge in [-0.1, -0.05) is 6.42 Å². The van der Waals surface area contributed by atoms with Crippen molar-refractivity contribution in [3.63, 3.8) is 0 Å². The Kier molecular flexibility index (Phi) is 2.66. The molecule has 0 bridgehead atoms. The van der Waals surface area contributed by atoms with Crippen LogP contribution in [-0.4, -0.2) is 9.55 Å². The van der Waals surface area contributed by atoms with E-state index in [-0.39, 0.29) is 5.56 Å². The summed E-state index contributed by atoms with van der Waals surface area (Å²) in [4.78, 5) is 15.6. The molecule has 0 saturated heterocycles. The summed E-state index contributed by atoms with van der Waals surface area (Å²) in [6.45, 7) is 0.850. The average Bonchev–Trinajstić information content (AvgIpc) is 2.04. The lowest BCUT2D eigenvalue weighted by Gasteiger charge is -2.25. The second-order valence-corrected chi connectivity index (χ2v) is 4.66. The summed E-state index contributed by atoms with van der Waals surface area (Å²) in [7, 11) is 0. The fraction of sp³-hybridized carbons (Fsp3) is 0.556. The van der Waals surface area contributed by atoms with Crippen molar-refractivity contribution in [1.29, 1.82) is 0 Å². The molecule has 1 heterocycles. The Bertz CT molecular complexity index is 357. The highest BCUT2D eigenvalue weighted by molar-refractivity contribution is 14.1. The van der Waals surface area contributed by atoms with Crippen LogP contribution < -0.4 is 5.56 Å². The first-order valence-electron chi connectivity index (χ1n) is 4.47. The van der Waals surface area contributed by atoms with E-state index >= 15 is 0 Å². The Hall–Kier alpha value is -0.390. The summed E-state index contributed by atoms with van der Waals surface area (Å²) in [5.41, 5.74) is 0.0995. The van der Waals surface area contributed by atoms with Gasteiger partial charge in [0, 0.05) is 12.7 Å². The smallest absolute Gasteiger partial charge is 0.266 e. The Morgan fingerprint density at radius 1 is 1.62 bits per heavy atom. The van der Waals surface area contributed by atoms with E-state index in [0.717, 1.165) is 6.54 Å². The van der Waals surface area contributed by atoms with Crippen molar-refractivity contribution in [3.05, 3.63) is 26.4 Å². The molecular formula is C9H11IN2O. The van der Waals surface area contributed by atoms with Gasteiger partial charge in [-0.05, 0) is 41.4 Å². The fourth-order valence-corrected chi connectivity index (χ4v) is 1.98. The molecule has 0 unspecified atom stereocenters. The molecule has 1 fully saturated rings. The van der Waals surface area contributed by atoms with Crippen molar-refractivity contribution in [2.45, 2.75) is 25.8 Å². The Morgan fingerprint density at radius 3 is 3.00 bits per heavy atom. The van der Waals surface area contributed by atoms with Crippen molar-refractivity contribution in [3.8, 4) is 0 Å². The SMILES string of the molecule is O=c1c(I)cncn1CC1CCC1. The summed E-state index contributed by atoms with van der Waals surface area (Å²) in [5.74, 6) is 0.706. The third kappa shape index (κ3) is 1.92. The van der Waals surface area contributed by atoms with Gasteiger partial charge in [0.2, 0.25) is 0 Å². The van der Waals surface area contributed by atoms with Gasteiger partial charge in [-0.15, -0.1) is 0 Å².